The van der Waals surface area contributed by atoms with Gasteiger partial charge in [-0.25, -0.2) is 8.42 Å². The zero-order chi connectivity index (χ0) is 24.1. The largest absolute Gasteiger partial charge is 0.337 e. The first-order valence-electron chi connectivity index (χ1n) is 11.3. The van der Waals surface area contributed by atoms with Gasteiger partial charge < -0.3 is 9.47 Å². The number of rotatable bonds is 9. The van der Waals surface area contributed by atoms with Crippen molar-refractivity contribution >= 4 is 38.2 Å². The van der Waals surface area contributed by atoms with Crippen molar-refractivity contribution in [1.29, 1.82) is 0 Å². The Hall–Kier alpha value is -3.09. The van der Waals surface area contributed by atoms with Crippen LogP contribution in [-0.2, 0) is 27.7 Å². The number of hydrogen-bond acceptors (Lipinski definition) is 3. The molecule has 0 radical (unpaired) electrons. The first-order chi connectivity index (χ1) is 16.4. The molecule has 4 rings (SSSR count). The summed E-state index contributed by atoms with van der Waals surface area (Å²) in [5.74, 6) is -0.0477. The van der Waals surface area contributed by atoms with E-state index >= 15 is 0 Å². The maximum Gasteiger partial charge on any atom is 0.242 e. The summed E-state index contributed by atoms with van der Waals surface area (Å²) in [6.07, 6.45) is 3.46. The molecule has 0 atom stereocenters. The molecule has 5 nitrogen and oxygen atoms in total. The SMILES string of the molecule is CCCCN(Cc1ccccc1)C(=O)Cn1cc(S(=O)(=O)c2ccc(Cl)cc2)c2ccccc21. The fraction of sp³-hybridized carbons (Fsp3) is 0.222. The molecule has 0 N–H and O–H groups in total. The molecule has 0 bridgehead atoms. The van der Waals surface area contributed by atoms with Crippen LogP contribution in [0.2, 0.25) is 5.02 Å². The number of carbonyl (C=O) groups excluding carboxylic acids is 1. The normalized spacial score (nSPS) is 11.6. The van der Waals surface area contributed by atoms with Crippen LogP contribution in [0.5, 0.6) is 0 Å². The van der Waals surface area contributed by atoms with Crippen LogP contribution < -0.4 is 0 Å². The van der Waals surface area contributed by atoms with Crippen LogP contribution in [0, 0.1) is 0 Å². The summed E-state index contributed by atoms with van der Waals surface area (Å²) in [4.78, 5) is 15.6. The number of carbonyl (C=O) groups is 1. The minimum atomic E-state index is -3.78. The number of amides is 1. The fourth-order valence-electron chi connectivity index (χ4n) is 3.99. The van der Waals surface area contributed by atoms with Crippen LogP contribution in [0.3, 0.4) is 0 Å². The summed E-state index contributed by atoms with van der Waals surface area (Å²) in [7, 11) is -3.78. The maximum absolute atomic E-state index is 13.4. The van der Waals surface area contributed by atoms with Gasteiger partial charge in [-0.3, -0.25) is 4.79 Å². The Balaban J connectivity index is 1.68. The summed E-state index contributed by atoms with van der Waals surface area (Å²) in [5.41, 5.74) is 1.77. The van der Waals surface area contributed by atoms with Crippen LogP contribution in [0.25, 0.3) is 10.9 Å². The predicted molar refractivity (Wildman–Crippen MR) is 136 cm³/mol. The molecule has 0 spiro atoms. The standard InChI is InChI=1S/C27H27ClN2O3S/c1-2-3-17-29(18-21-9-5-4-6-10-21)27(31)20-30-19-26(24-11-7-8-12-25(24)30)34(32,33)23-15-13-22(28)14-16-23/h4-16,19H,2-3,17-18,20H2,1H3. The molecular weight excluding hydrogens is 468 g/mol. The van der Waals surface area contributed by atoms with Crippen molar-refractivity contribution in [2.45, 2.75) is 42.6 Å². The van der Waals surface area contributed by atoms with Crippen LogP contribution in [0.15, 0.2) is 94.9 Å². The molecule has 1 heterocycles. The van der Waals surface area contributed by atoms with E-state index in [9.17, 15) is 13.2 Å². The highest BCUT2D eigenvalue weighted by atomic mass is 35.5. The van der Waals surface area contributed by atoms with E-state index in [0.717, 1.165) is 18.4 Å². The van der Waals surface area contributed by atoms with E-state index in [-0.39, 0.29) is 22.2 Å². The summed E-state index contributed by atoms with van der Waals surface area (Å²) < 4.78 is 28.6. The van der Waals surface area contributed by atoms with Crippen molar-refractivity contribution in [1.82, 2.24) is 9.47 Å². The summed E-state index contributed by atoms with van der Waals surface area (Å²) in [6, 6.07) is 23.3. The van der Waals surface area contributed by atoms with Crippen LogP contribution in [-0.4, -0.2) is 30.3 Å². The molecule has 0 saturated heterocycles. The van der Waals surface area contributed by atoms with Gasteiger partial charge in [0, 0.05) is 35.2 Å². The van der Waals surface area contributed by atoms with E-state index in [1.807, 2.05) is 47.4 Å². The number of sulfone groups is 1. The number of hydrogen-bond donors (Lipinski definition) is 0. The predicted octanol–water partition coefficient (Wildman–Crippen LogP) is 5.96. The Morgan fingerprint density at radius 3 is 2.32 bits per heavy atom. The molecule has 3 aromatic carbocycles. The quantitative estimate of drug-likeness (QED) is 0.288. The third-order valence-electron chi connectivity index (χ3n) is 5.82. The molecule has 0 unspecified atom stereocenters. The molecule has 176 valence electrons. The number of nitrogens with zero attached hydrogens (tertiary/aromatic N) is 2. The number of para-hydroxylation sites is 1. The second-order valence-corrected chi connectivity index (χ2v) is 10.6. The third kappa shape index (κ3) is 5.18. The molecule has 0 aliphatic carbocycles. The van der Waals surface area contributed by atoms with E-state index in [0.29, 0.717) is 29.0 Å². The first-order valence-corrected chi connectivity index (χ1v) is 13.2. The average molecular weight is 495 g/mol. The lowest BCUT2D eigenvalue weighted by molar-refractivity contribution is -0.132. The molecule has 1 amide bonds. The number of fused-ring (bicyclic) bond motifs is 1. The molecule has 0 aliphatic heterocycles. The van der Waals surface area contributed by atoms with Crippen molar-refractivity contribution in [2.24, 2.45) is 0 Å². The van der Waals surface area contributed by atoms with E-state index in [1.165, 1.54) is 12.1 Å². The molecule has 0 fully saturated rings. The molecule has 4 aromatic rings. The van der Waals surface area contributed by atoms with E-state index in [4.69, 9.17) is 11.6 Å². The van der Waals surface area contributed by atoms with Gasteiger partial charge in [0.05, 0.1) is 9.79 Å². The van der Waals surface area contributed by atoms with Crippen LogP contribution in [0.4, 0.5) is 0 Å². The van der Waals surface area contributed by atoms with Gasteiger partial charge in [0.2, 0.25) is 15.7 Å². The Bertz CT molecular complexity index is 1380. The Morgan fingerprint density at radius 1 is 0.941 bits per heavy atom. The monoisotopic (exact) mass is 494 g/mol. The lowest BCUT2D eigenvalue weighted by atomic mass is 10.2. The van der Waals surface area contributed by atoms with Gasteiger partial charge in [0.25, 0.3) is 0 Å². The van der Waals surface area contributed by atoms with Gasteiger partial charge in [-0.05, 0) is 42.3 Å². The topological polar surface area (TPSA) is 59.4 Å². The van der Waals surface area contributed by atoms with Gasteiger partial charge >= 0.3 is 0 Å². The Labute approximate surface area is 205 Å². The summed E-state index contributed by atoms with van der Waals surface area (Å²) in [6.45, 7) is 3.33. The lowest BCUT2D eigenvalue weighted by Gasteiger charge is -2.23. The third-order valence-corrected chi connectivity index (χ3v) is 7.87. The van der Waals surface area contributed by atoms with Crippen molar-refractivity contribution in [3.05, 3.63) is 95.6 Å². The highest BCUT2D eigenvalue weighted by Crippen LogP contribution is 2.31. The zero-order valence-corrected chi connectivity index (χ0v) is 20.6. The van der Waals surface area contributed by atoms with Gasteiger partial charge in [0.1, 0.15) is 6.54 Å². The summed E-state index contributed by atoms with van der Waals surface area (Å²) in [5, 5.41) is 1.06. The number of halogens is 1. The van der Waals surface area contributed by atoms with Crippen molar-refractivity contribution < 1.29 is 13.2 Å². The van der Waals surface area contributed by atoms with Crippen LogP contribution >= 0.6 is 11.6 Å². The highest BCUT2D eigenvalue weighted by Gasteiger charge is 2.24. The molecule has 7 heteroatoms. The smallest absolute Gasteiger partial charge is 0.242 e. The zero-order valence-electron chi connectivity index (χ0n) is 19.0. The summed E-state index contributed by atoms with van der Waals surface area (Å²) >= 11 is 5.95. The van der Waals surface area contributed by atoms with Crippen molar-refractivity contribution in [3.63, 3.8) is 0 Å². The number of aromatic nitrogens is 1. The van der Waals surface area contributed by atoms with Crippen molar-refractivity contribution in [2.75, 3.05) is 6.54 Å². The molecule has 0 aliphatic rings. The van der Waals surface area contributed by atoms with E-state index in [1.54, 1.807) is 35.0 Å². The van der Waals surface area contributed by atoms with Crippen LogP contribution in [0.1, 0.15) is 25.3 Å². The Kier molecular flexibility index (Phi) is 7.39. The van der Waals surface area contributed by atoms with E-state index in [2.05, 4.69) is 6.92 Å². The first kappa shape index (κ1) is 24.0. The van der Waals surface area contributed by atoms with Gasteiger partial charge in [-0.15, -0.1) is 0 Å². The fourth-order valence-corrected chi connectivity index (χ4v) is 5.59. The van der Waals surface area contributed by atoms with Gasteiger partial charge in [-0.2, -0.15) is 0 Å². The van der Waals surface area contributed by atoms with Gasteiger partial charge in [-0.1, -0.05) is 73.5 Å². The Morgan fingerprint density at radius 2 is 1.62 bits per heavy atom. The average Bonchev–Trinajstić information content (AvgIpc) is 3.22. The number of benzene rings is 3. The minimum Gasteiger partial charge on any atom is -0.337 e. The molecule has 34 heavy (non-hydrogen) atoms. The van der Waals surface area contributed by atoms with E-state index < -0.39 is 9.84 Å². The number of unbranched alkanes of at least 4 members (excludes halogenated alkanes) is 1. The van der Waals surface area contributed by atoms with Crippen molar-refractivity contribution in [3.8, 4) is 0 Å². The molecular formula is C27H27ClN2O3S. The highest BCUT2D eigenvalue weighted by molar-refractivity contribution is 7.91. The van der Waals surface area contributed by atoms with Gasteiger partial charge in [0.15, 0.2) is 0 Å². The second kappa shape index (κ2) is 10.5. The maximum atomic E-state index is 13.4. The molecule has 0 saturated carbocycles. The minimum absolute atomic E-state index is 0.0477. The second-order valence-electron chi connectivity index (χ2n) is 8.25. The molecule has 1 aromatic heterocycles. The lowest BCUT2D eigenvalue weighted by Crippen LogP contribution is -2.34.